The molecule has 0 aromatic heterocycles. The van der Waals surface area contributed by atoms with E-state index in [1.165, 1.54) is 0 Å². The van der Waals surface area contributed by atoms with Crippen molar-refractivity contribution in [2.24, 2.45) is 0 Å². The molecule has 4 rings (SSSR count). The lowest BCUT2D eigenvalue weighted by molar-refractivity contribution is -0.236. The number of carbonyl (C=O) groups excluding carboxylic acids is 3. The molecule has 12 nitrogen and oxygen atoms in total. The summed E-state index contributed by atoms with van der Waals surface area (Å²) in [6.07, 6.45) is -9.25. The number of hydrogen-bond acceptors (Lipinski definition) is 10. The molecule has 1 aliphatic heterocycles. The number of carbonyl (C=O) groups is 3. The summed E-state index contributed by atoms with van der Waals surface area (Å²) in [5.41, 5.74) is 4.11. The van der Waals surface area contributed by atoms with E-state index in [4.69, 9.17) is 9.47 Å². The van der Waals surface area contributed by atoms with Gasteiger partial charge in [-0.2, -0.15) is 0 Å². The number of amides is 2. The van der Waals surface area contributed by atoms with Crippen molar-refractivity contribution in [3.63, 3.8) is 0 Å². The van der Waals surface area contributed by atoms with Crippen molar-refractivity contribution in [2.45, 2.75) is 49.0 Å². The van der Waals surface area contributed by atoms with Crippen molar-refractivity contribution in [3.05, 3.63) is 59.7 Å². The lowest BCUT2D eigenvalue weighted by atomic mass is 9.98. The number of hydrogen-bond donors (Lipinski definition) is 6. The summed E-state index contributed by atoms with van der Waals surface area (Å²) < 4.78 is 15.3. The lowest BCUT2D eigenvalue weighted by Crippen LogP contribution is -2.63. The van der Waals surface area contributed by atoms with Crippen LogP contribution in [0.2, 0.25) is 0 Å². The summed E-state index contributed by atoms with van der Waals surface area (Å²) in [7, 11) is 1.09. The molecular formula is C26H30N2O10. The average molecular weight is 531 g/mol. The SMILES string of the molecule is COC(=O)C(CC(=O)N[C@@H]1OC(CO)[C@@H](O)[C@H](O)C1O)NC(=O)OCC1c2ccccc2-c2ccccc21. The summed E-state index contributed by atoms with van der Waals surface area (Å²) in [6, 6.07) is 14.1. The standard InChI is InChI=1S/C26H30N2O10/c1-36-25(34)18(10-20(30)28-24-23(33)22(32)21(31)19(11-29)38-24)27-26(35)37-12-17-15-8-4-2-6-13(15)14-7-3-5-9-16(14)17/h2-9,17-19,21-24,29,31-33H,10-12H2,1H3,(H,27,35)(H,28,30)/t18?,19?,21-,22+,23?,24-/m1/s1. The van der Waals surface area contributed by atoms with Gasteiger partial charge in [0.05, 0.1) is 20.1 Å². The van der Waals surface area contributed by atoms with Crippen LogP contribution in [0.15, 0.2) is 48.5 Å². The number of benzene rings is 2. The van der Waals surface area contributed by atoms with E-state index >= 15 is 0 Å². The van der Waals surface area contributed by atoms with Gasteiger partial charge in [-0.3, -0.25) is 4.79 Å². The van der Waals surface area contributed by atoms with Gasteiger partial charge in [-0.05, 0) is 22.3 Å². The van der Waals surface area contributed by atoms with E-state index in [2.05, 4.69) is 15.4 Å². The van der Waals surface area contributed by atoms with Gasteiger partial charge in [0.2, 0.25) is 5.91 Å². The second-order valence-electron chi connectivity index (χ2n) is 9.07. The number of rotatable bonds is 8. The Labute approximate surface area is 218 Å². The van der Waals surface area contributed by atoms with Crippen molar-refractivity contribution in [1.82, 2.24) is 10.6 Å². The first-order chi connectivity index (χ1) is 18.2. The van der Waals surface area contributed by atoms with Gasteiger partial charge >= 0.3 is 12.1 Å². The van der Waals surface area contributed by atoms with E-state index in [1.807, 2.05) is 48.5 Å². The highest BCUT2D eigenvalue weighted by atomic mass is 16.6. The molecule has 6 N–H and O–H groups in total. The molecule has 0 saturated carbocycles. The maximum atomic E-state index is 12.6. The largest absolute Gasteiger partial charge is 0.467 e. The first-order valence-corrected chi connectivity index (χ1v) is 12.0. The fraction of sp³-hybridized carbons (Fsp3) is 0.423. The predicted molar refractivity (Wildman–Crippen MR) is 131 cm³/mol. The molecule has 2 aromatic rings. The molecule has 38 heavy (non-hydrogen) atoms. The minimum atomic E-state index is -1.71. The second kappa shape index (κ2) is 11.9. The fourth-order valence-electron chi connectivity index (χ4n) is 4.74. The molecular weight excluding hydrogens is 500 g/mol. The molecule has 2 amide bonds. The van der Waals surface area contributed by atoms with E-state index in [-0.39, 0.29) is 12.5 Å². The van der Waals surface area contributed by atoms with Crippen LogP contribution < -0.4 is 10.6 Å². The van der Waals surface area contributed by atoms with Crippen LogP contribution in [-0.4, -0.2) is 95.4 Å². The van der Waals surface area contributed by atoms with E-state index < -0.39 is 67.7 Å². The first-order valence-electron chi connectivity index (χ1n) is 12.0. The van der Waals surface area contributed by atoms with Gasteiger partial charge in [-0.25, -0.2) is 9.59 Å². The van der Waals surface area contributed by atoms with Gasteiger partial charge < -0.3 is 45.3 Å². The normalized spacial score (nSPS) is 25.0. The summed E-state index contributed by atoms with van der Waals surface area (Å²) in [4.78, 5) is 37.5. The van der Waals surface area contributed by atoms with E-state index in [1.54, 1.807) is 0 Å². The lowest BCUT2D eigenvalue weighted by Gasteiger charge is -2.40. The van der Waals surface area contributed by atoms with E-state index in [9.17, 15) is 34.8 Å². The van der Waals surface area contributed by atoms with Crippen molar-refractivity contribution >= 4 is 18.0 Å². The van der Waals surface area contributed by atoms with Crippen LogP contribution in [-0.2, 0) is 23.8 Å². The van der Waals surface area contributed by atoms with Gasteiger partial charge in [0.15, 0.2) is 6.23 Å². The van der Waals surface area contributed by atoms with Crippen LogP contribution in [0.4, 0.5) is 4.79 Å². The number of ether oxygens (including phenoxy) is 3. The number of esters is 1. The van der Waals surface area contributed by atoms with Gasteiger partial charge in [0.25, 0.3) is 0 Å². The molecule has 0 spiro atoms. The maximum absolute atomic E-state index is 12.6. The highest BCUT2D eigenvalue weighted by Gasteiger charge is 2.44. The van der Waals surface area contributed by atoms with Crippen molar-refractivity contribution in [2.75, 3.05) is 20.3 Å². The monoisotopic (exact) mass is 530 g/mol. The van der Waals surface area contributed by atoms with Crippen molar-refractivity contribution in [3.8, 4) is 11.1 Å². The van der Waals surface area contributed by atoms with Crippen LogP contribution in [0.3, 0.4) is 0 Å². The second-order valence-corrected chi connectivity index (χ2v) is 9.07. The molecule has 0 bridgehead atoms. The molecule has 2 aromatic carbocycles. The quantitative estimate of drug-likeness (QED) is 0.240. The Morgan fingerprint density at radius 1 is 0.947 bits per heavy atom. The Hall–Kier alpha value is -3.55. The van der Waals surface area contributed by atoms with Crippen LogP contribution in [0.25, 0.3) is 11.1 Å². The van der Waals surface area contributed by atoms with E-state index in [0.717, 1.165) is 29.4 Å². The van der Waals surface area contributed by atoms with Crippen LogP contribution in [0.5, 0.6) is 0 Å². The van der Waals surface area contributed by atoms with Crippen molar-refractivity contribution < 1.29 is 49.0 Å². The molecule has 6 atom stereocenters. The van der Waals surface area contributed by atoms with E-state index in [0.29, 0.717) is 0 Å². The van der Waals surface area contributed by atoms with Gasteiger partial charge in [0.1, 0.15) is 37.1 Å². The Bertz CT molecular complexity index is 1130. The summed E-state index contributed by atoms with van der Waals surface area (Å²) >= 11 is 0. The molecule has 12 heteroatoms. The Kier molecular flexibility index (Phi) is 8.59. The third-order valence-corrected chi connectivity index (χ3v) is 6.71. The summed E-state index contributed by atoms with van der Waals surface area (Å²) in [5.74, 6) is -1.97. The number of methoxy groups -OCH3 is 1. The number of nitrogens with one attached hydrogen (secondary N) is 2. The Morgan fingerprint density at radius 3 is 2.13 bits per heavy atom. The Morgan fingerprint density at radius 2 is 1.55 bits per heavy atom. The fourth-order valence-corrected chi connectivity index (χ4v) is 4.74. The summed E-state index contributed by atoms with van der Waals surface area (Å²) in [6.45, 7) is -0.684. The van der Waals surface area contributed by atoms with Crippen LogP contribution in [0.1, 0.15) is 23.5 Å². The third-order valence-electron chi connectivity index (χ3n) is 6.71. The zero-order valence-electron chi connectivity index (χ0n) is 20.5. The highest BCUT2D eigenvalue weighted by molar-refractivity contribution is 5.88. The van der Waals surface area contributed by atoms with Gasteiger partial charge in [-0.1, -0.05) is 48.5 Å². The topological polar surface area (TPSA) is 184 Å². The molecule has 2 aliphatic rings. The average Bonchev–Trinajstić information content (AvgIpc) is 3.25. The van der Waals surface area contributed by atoms with Crippen LogP contribution >= 0.6 is 0 Å². The number of fused-ring (bicyclic) bond motifs is 3. The molecule has 1 aliphatic carbocycles. The number of aliphatic hydroxyl groups is 4. The molecule has 204 valence electrons. The first kappa shape index (κ1) is 27.5. The molecule has 1 fully saturated rings. The molecule has 0 radical (unpaired) electrons. The number of aliphatic hydroxyl groups excluding tert-OH is 4. The third kappa shape index (κ3) is 5.64. The summed E-state index contributed by atoms with van der Waals surface area (Å²) in [5, 5.41) is 43.8. The number of alkyl carbamates (subject to hydrolysis) is 1. The zero-order chi connectivity index (χ0) is 27.4. The predicted octanol–water partition coefficient (Wildman–Crippen LogP) is -0.627. The Balaban J connectivity index is 1.37. The molecule has 3 unspecified atom stereocenters. The highest BCUT2D eigenvalue weighted by Crippen LogP contribution is 2.44. The van der Waals surface area contributed by atoms with Gasteiger partial charge in [-0.15, -0.1) is 0 Å². The van der Waals surface area contributed by atoms with Crippen molar-refractivity contribution in [1.29, 1.82) is 0 Å². The minimum absolute atomic E-state index is 0.00911. The van der Waals surface area contributed by atoms with Gasteiger partial charge in [0, 0.05) is 5.92 Å². The smallest absolute Gasteiger partial charge is 0.407 e. The van der Waals surface area contributed by atoms with Crippen LogP contribution in [0, 0.1) is 0 Å². The molecule has 1 saturated heterocycles. The molecule has 1 heterocycles. The zero-order valence-corrected chi connectivity index (χ0v) is 20.5. The maximum Gasteiger partial charge on any atom is 0.407 e. The minimum Gasteiger partial charge on any atom is -0.467 e.